The predicted octanol–water partition coefficient (Wildman–Crippen LogP) is 2.59. The van der Waals surface area contributed by atoms with Crippen LogP contribution in [0.4, 0.5) is 0 Å². The van der Waals surface area contributed by atoms with Gasteiger partial charge in [-0.15, -0.1) is 0 Å². The topological polar surface area (TPSA) is 61.3 Å². The summed E-state index contributed by atoms with van der Waals surface area (Å²) in [7, 11) is 1.74. The van der Waals surface area contributed by atoms with Crippen LogP contribution in [0.2, 0.25) is 0 Å². The molecular weight excluding hydrogens is 236 g/mol. The first-order valence-corrected chi connectivity index (χ1v) is 7.01. The number of ether oxygens (including phenoxy) is 1. The van der Waals surface area contributed by atoms with E-state index in [9.17, 15) is 0 Å². The van der Waals surface area contributed by atoms with E-state index in [0.717, 1.165) is 5.75 Å². The van der Waals surface area contributed by atoms with E-state index in [-0.39, 0.29) is 0 Å². The molecule has 0 aliphatic heterocycles. The minimum atomic E-state index is 0.348. The molecule has 0 amide bonds. The van der Waals surface area contributed by atoms with E-state index in [0.29, 0.717) is 30.8 Å². The minimum absolute atomic E-state index is 0.348. The quantitative estimate of drug-likeness (QED) is 0.830. The first-order chi connectivity index (χ1) is 8.96. The van der Waals surface area contributed by atoms with E-state index in [1.54, 1.807) is 7.11 Å². The number of aryl methyl sites for hydroxylation is 2. The lowest BCUT2D eigenvalue weighted by atomic mass is 9.79. The molecule has 0 aromatic heterocycles. The number of hydrogen-bond acceptors (Lipinski definition) is 3. The fraction of sp³-hybridized carbons (Fsp3) is 0.625. The second kappa shape index (κ2) is 6.92. The highest BCUT2D eigenvalue weighted by atomic mass is 16.5. The molecule has 1 rings (SSSR count). The summed E-state index contributed by atoms with van der Waals surface area (Å²) in [6.07, 6.45) is 0. The SMILES string of the molecule is COc1c(C)cc(C)cc1C(C)C(C)C(CN)CN. The molecule has 0 heterocycles. The van der Waals surface area contributed by atoms with E-state index in [1.165, 1.54) is 16.7 Å². The summed E-state index contributed by atoms with van der Waals surface area (Å²) in [5.74, 6) is 2.16. The molecule has 4 N–H and O–H groups in total. The third-order valence-electron chi connectivity index (χ3n) is 4.28. The molecule has 2 atom stereocenters. The average molecular weight is 264 g/mol. The van der Waals surface area contributed by atoms with Gasteiger partial charge in [-0.3, -0.25) is 0 Å². The molecule has 2 unspecified atom stereocenters. The molecule has 1 aromatic carbocycles. The van der Waals surface area contributed by atoms with Gasteiger partial charge < -0.3 is 16.2 Å². The van der Waals surface area contributed by atoms with Crippen molar-refractivity contribution in [3.63, 3.8) is 0 Å². The Bertz CT molecular complexity index is 413. The van der Waals surface area contributed by atoms with E-state index in [2.05, 4.69) is 39.8 Å². The zero-order valence-corrected chi connectivity index (χ0v) is 12.9. The van der Waals surface area contributed by atoms with Crippen LogP contribution in [0.5, 0.6) is 5.75 Å². The van der Waals surface area contributed by atoms with Gasteiger partial charge in [0, 0.05) is 0 Å². The van der Waals surface area contributed by atoms with Crippen molar-refractivity contribution in [1.82, 2.24) is 0 Å². The summed E-state index contributed by atoms with van der Waals surface area (Å²) in [6.45, 7) is 9.95. The molecule has 0 radical (unpaired) electrons. The van der Waals surface area contributed by atoms with Crippen molar-refractivity contribution in [3.8, 4) is 5.75 Å². The number of hydrogen-bond donors (Lipinski definition) is 2. The molecule has 3 nitrogen and oxygen atoms in total. The fourth-order valence-electron chi connectivity index (χ4n) is 2.82. The Labute approximate surface area is 117 Å². The van der Waals surface area contributed by atoms with E-state index in [4.69, 9.17) is 16.2 Å². The highest BCUT2D eigenvalue weighted by Crippen LogP contribution is 2.37. The molecular formula is C16H28N2O. The van der Waals surface area contributed by atoms with Crippen molar-refractivity contribution in [2.75, 3.05) is 20.2 Å². The van der Waals surface area contributed by atoms with Gasteiger partial charge >= 0.3 is 0 Å². The Morgan fingerprint density at radius 1 is 1.11 bits per heavy atom. The van der Waals surface area contributed by atoms with Crippen LogP contribution in [-0.4, -0.2) is 20.2 Å². The van der Waals surface area contributed by atoms with Crippen molar-refractivity contribution >= 4 is 0 Å². The molecule has 0 bridgehead atoms. The lowest BCUT2D eigenvalue weighted by Gasteiger charge is -2.29. The molecule has 0 saturated heterocycles. The Hall–Kier alpha value is -1.06. The molecule has 0 fully saturated rings. The first kappa shape index (κ1) is 16.0. The van der Waals surface area contributed by atoms with Crippen LogP contribution in [0, 0.1) is 25.7 Å². The maximum atomic E-state index is 5.82. The normalized spacial score (nSPS) is 14.5. The Morgan fingerprint density at radius 2 is 1.68 bits per heavy atom. The van der Waals surface area contributed by atoms with Crippen LogP contribution in [0.15, 0.2) is 12.1 Å². The van der Waals surface area contributed by atoms with Gasteiger partial charge in [-0.1, -0.05) is 31.5 Å². The van der Waals surface area contributed by atoms with Crippen molar-refractivity contribution in [2.24, 2.45) is 23.3 Å². The largest absolute Gasteiger partial charge is 0.496 e. The summed E-state index contributed by atoms with van der Waals surface area (Å²) in [5, 5.41) is 0. The standard InChI is InChI=1S/C16H28N2O/c1-10-6-11(2)16(19-5)15(7-10)13(4)12(3)14(8-17)9-18/h6-7,12-14H,8-9,17-18H2,1-5H3. The summed E-state index contributed by atoms with van der Waals surface area (Å²) in [5.41, 5.74) is 15.4. The predicted molar refractivity (Wildman–Crippen MR) is 81.6 cm³/mol. The highest BCUT2D eigenvalue weighted by Gasteiger charge is 2.25. The monoisotopic (exact) mass is 264 g/mol. The third-order valence-corrected chi connectivity index (χ3v) is 4.28. The summed E-state index contributed by atoms with van der Waals surface area (Å²) < 4.78 is 5.59. The number of benzene rings is 1. The first-order valence-electron chi connectivity index (χ1n) is 7.01. The molecule has 1 aromatic rings. The minimum Gasteiger partial charge on any atom is -0.496 e. The van der Waals surface area contributed by atoms with Crippen molar-refractivity contribution in [1.29, 1.82) is 0 Å². The van der Waals surface area contributed by atoms with Gasteiger partial charge in [-0.25, -0.2) is 0 Å². The number of methoxy groups -OCH3 is 1. The van der Waals surface area contributed by atoms with Gasteiger partial charge in [-0.2, -0.15) is 0 Å². The van der Waals surface area contributed by atoms with Gasteiger partial charge in [0.15, 0.2) is 0 Å². The van der Waals surface area contributed by atoms with Gasteiger partial charge in [0.1, 0.15) is 5.75 Å². The maximum absolute atomic E-state index is 5.82. The summed E-state index contributed by atoms with van der Waals surface area (Å²) in [6, 6.07) is 4.38. The molecule has 0 saturated carbocycles. The molecule has 0 spiro atoms. The highest BCUT2D eigenvalue weighted by molar-refractivity contribution is 5.45. The van der Waals surface area contributed by atoms with Crippen LogP contribution in [0.25, 0.3) is 0 Å². The zero-order valence-electron chi connectivity index (χ0n) is 12.9. The van der Waals surface area contributed by atoms with Crippen LogP contribution in [-0.2, 0) is 0 Å². The zero-order chi connectivity index (χ0) is 14.6. The van der Waals surface area contributed by atoms with Crippen molar-refractivity contribution in [3.05, 3.63) is 28.8 Å². The molecule has 0 aliphatic carbocycles. The fourth-order valence-corrected chi connectivity index (χ4v) is 2.82. The smallest absolute Gasteiger partial charge is 0.125 e. The van der Waals surface area contributed by atoms with Crippen LogP contribution >= 0.6 is 0 Å². The molecule has 0 aliphatic rings. The second-order valence-corrected chi connectivity index (χ2v) is 5.58. The van der Waals surface area contributed by atoms with Gasteiger partial charge in [-0.05, 0) is 55.8 Å². The van der Waals surface area contributed by atoms with Crippen molar-refractivity contribution < 1.29 is 4.74 Å². The lowest BCUT2D eigenvalue weighted by Crippen LogP contribution is -2.31. The van der Waals surface area contributed by atoms with Gasteiger partial charge in [0.05, 0.1) is 7.11 Å². The van der Waals surface area contributed by atoms with E-state index >= 15 is 0 Å². The molecule has 108 valence electrons. The maximum Gasteiger partial charge on any atom is 0.125 e. The summed E-state index contributed by atoms with van der Waals surface area (Å²) >= 11 is 0. The summed E-state index contributed by atoms with van der Waals surface area (Å²) in [4.78, 5) is 0. The van der Waals surface area contributed by atoms with E-state index in [1.807, 2.05) is 0 Å². The van der Waals surface area contributed by atoms with Crippen LogP contribution in [0.3, 0.4) is 0 Å². The lowest BCUT2D eigenvalue weighted by molar-refractivity contribution is 0.319. The average Bonchev–Trinajstić information content (AvgIpc) is 2.38. The van der Waals surface area contributed by atoms with Gasteiger partial charge in [0.2, 0.25) is 0 Å². The van der Waals surface area contributed by atoms with Gasteiger partial charge in [0.25, 0.3) is 0 Å². The second-order valence-electron chi connectivity index (χ2n) is 5.58. The number of nitrogens with two attached hydrogens (primary N) is 2. The Morgan fingerprint density at radius 3 is 2.16 bits per heavy atom. The Balaban J connectivity index is 3.14. The third kappa shape index (κ3) is 3.48. The van der Waals surface area contributed by atoms with Crippen LogP contribution in [0.1, 0.15) is 36.5 Å². The Kier molecular flexibility index (Phi) is 5.83. The van der Waals surface area contributed by atoms with Crippen molar-refractivity contribution in [2.45, 2.75) is 33.6 Å². The molecule has 19 heavy (non-hydrogen) atoms. The van der Waals surface area contributed by atoms with E-state index < -0.39 is 0 Å². The number of rotatable bonds is 6. The molecule has 3 heteroatoms. The van der Waals surface area contributed by atoms with Crippen LogP contribution < -0.4 is 16.2 Å².